The van der Waals surface area contributed by atoms with E-state index in [0.717, 1.165) is 27.6 Å². The average molecular weight is 390 g/mol. The molecule has 2 aromatic heterocycles. The minimum Gasteiger partial charge on any atom is -0.489 e. The van der Waals surface area contributed by atoms with E-state index in [1.807, 2.05) is 49.7 Å². The molecule has 0 aliphatic rings. The number of nitrogens with zero attached hydrogens (tertiary/aromatic N) is 3. The third-order valence-electron chi connectivity index (χ3n) is 4.07. The lowest BCUT2D eigenvalue weighted by Crippen LogP contribution is -2.26. The quantitative estimate of drug-likeness (QED) is 0.631. The van der Waals surface area contributed by atoms with E-state index in [-0.39, 0.29) is 5.91 Å². The Hall–Kier alpha value is -2.31. The number of hydrogen-bond donors (Lipinski definition) is 0. The highest BCUT2D eigenvalue weighted by atomic mass is 35.5. The van der Waals surface area contributed by atoms with E-state index < -0.39 is 0 Å². The number of ether oxygens (including phenoxy) is 1. The fraction of sp³-hybridized carbons (Fsp3) is 0.263. The second-order valence-electron chi connectivity index (χ2n) is 6.13. The summed E-state index contributed by atoms with van der Waals surface area (Å²) < 4.78 is 7.56. The number of rotatable bonds is 6. The monoisotopic (exact) mass is 389 g/mol. The van der Waals surface area contributed by atoms with Gasteiger partial charge in [-0.3, -0.25) is 9.48 Å². The van der Waals surface area contributed by atoms with Crippen LogP contribution < -0.4 is 4.74 Å². The molecule has 0 unspecified atom stereocenters. The van der Waals surface area contributed by atoms with Gasteiger partial charge in [0.15, 0.2) is 0 Å². The van der Waals surface area contributed by atoms with Gasteiger partial charge in [-0.2, -0.15) is 5.10 Å². The Kier molecular flexibility index (Phi) is 5.64. The Morgan fingerprint density at radius 2 is 2.15 bits per heavy atom. The van der Waals surface area contributed by atoms with Gasteiger partial charge in [-0.15, -0.1) is 11.3 Å². The van der Waals surface area contributed by atoms with Crippen molar-refractivity contribution in [1.29, 1.82) is 0 Å². The van der Waals surface area contributed by atoms with Gasteiger partial charge >= 0.3 is 0 Å². The van der Waals surface area contributed by atoms with Gasteiger partial charge in [-0.05, 0) is 48.2 Å². The minimum atomic E-state index is -0.00946. The van der Waals surface area contributed by atoms with E-state index >= 15 is 0 Å². The average Bonchev–Trinajstić information content (AvgIpc) is 3.25. The number of thiophene rings is 1. The predicted molar refractivity (Wildman–Crippen MR) is 104 cm³/mol. The Labute approximate surface area is 161 Å². The summed E-state index contributed by atoms with van der Waals surface area (Å²) in [7, 11) is 3.66. The molecule has 0 saturated carbocycles. The summed E-state index contributed by atoms with van der Waals surface area (Å²) in [6.07, 6.45) is 1.73. The molecular formula is C19H20ClN3O2S. The first kappa shape index (κ1) is 18.5. The van der Waals surface area contributed by atoms with E-state index in [0.29, 0.717) is 18.0 Å². The maximum atomic E-state index is 12.6. The number of benzene rings is 1. The number of halogens is 1. The maximum Gasteiger partial charge on any atom is 0.264 e. The lowest BCUT2D eigenvalue weighted by Gasteiger charge is -2.16. The molecule has 26 heavy (non-hydrogen) atoms. The molecule has 0 N–H and O–H groups in total. The summed E-state index contributed by atoms with van der Waals surface area (Å²) in [5, 5.41) is 6.80. The normalized spacial score (nSPS) is 10.8. The summed E-state index contributed by atoms with van der Waals surface area (Å²) in [5.41, 5.74) is 2.93. The highest BCUT2D eigenvalue weighted by Gasteiger charge is 2.16. The van der Waals surface area contributed by atoms with Crippen molar-refractivity contribution in [1.82, 2.24) is 14.7 Å². The number of aryl methyl sites for hydroxylation is 2. The number of aromatic nitrogens is 2. The molecule has 0 bridgehead atoms. The van der Waals surface area contributed by atoms with E-state index in [2.05, 4.69) is 5.10 Å². The predicted octanol–water partition coefficient (Wildman–Crippen LogP) is 4.29. The van der Waals surface area contributed by atoms with Crippen molar-refractivity contribution in [3.63, 3.8) is 0 Å². The molecule has 5 nitrogen and oxygen atoms in total. The lowest BCUT2D eigenvalue weighted by molar-refractivity contribution is 0.0786. The van der Waals surface area contributed by atoms with Crippen molar-refractivity contribution in [3.8, 4) is 5.75 Å². The molecular weight excluding hydrogens is 370 g/mol. The smallest absolute Gasteiger partial charge is 0.264 e. The summed E-state index contributed by atoms with van der Waals surface area (Å²) in [5.74, 6) is 0.754. The molecule has 0 spiro atoms. The Morgan fingerprint density at radius 1 is 1.35 bits per heavy atom. The molecule has 1 aromatic carbocycles. The van der Waals surface area contributed by atoms with Crippen molar-refractivity contribution < 1.29 is 9.53 Å². The van der Waals surface area contributed by atoms with Crippen LogP contribution in [-0.4, -0.2) is 27.6 Å². The topological polar surface area (TPSA) is 47.4 Å². The van der Waals surface area contributed by atoms with E-state index in [4.69, 9.17) is 16.3 Å². The van der Waals surface area contributed by atoms with Crippen LogP contribution in [0.15, 0.2) is 41.9 Å². The Morgan fingerprint density at radius 3 is 2.85 bits per heavy atom. The third kappa shape index (κ3) is 4.26. The number of hydrogen-bond acceptors (Lipinski definition) is 4. The number of carbonyl (C=O) groups is 1. The van der Waals surface area contributed by atoms with Crippen molar-refractivity contribution >= 4 is 28.8 Å². The molecule has 0 saturated heterocycles. The number of carbonyl (C=O) groups excluding carboxylic acids is 1. The molecule has 0 aliphatic heterocycles. The zero-order valence-electron chi connectivity index (χ0n) is 14.9. The summed E-state index contributed by atoms with van der Waals surface area (Å²) >= 11 is 7.45. The highest BCUT2D eigenvalue weighted by molar-refractivity contribution is 7.12. The molecule has 3 rings (SSSR count). The molecule has 0 radical (unpaired) electrons. The van der Waals surface area contributed by atoms with Crippen LogP contribution in [0, 0.1) is 6.92 Å². The van der Waals surface area contributed by atoms with Crippen LogP contribution in [0.2, 0.25) is 5.02 Å². The largest absolute Gasteiger partial charge is 0.489 e. The molecule has 0 atom stereocenters. The van der Waals surface area contributed by atoms with E-state index in [1.54, 1.807) is 22.8 Å². The summed E-state index contributed by atoms with van der Waals surface area (Å²) in [6.45, 7) is 2.87. The zero-order valence-corrected chi connectivity index (χ0v) is 16.5. The van der Waals surface area contributed by atoms with Gasteiger partial charge in [0.25, 0.3) is 5.91 Å². The van der Waals surface area contributed by atoms with Crippen LogP contribution >= 0.6 is 22.9 Å². The van der Waals surface area contributed by atoms with Gasteiger partial charge in [-0.25, -0.2) is 0 Å². The molecule has 0 fully saturated rings. The molecule has 7 heteroatoms. The SMILES string of the molecule is Cc1cc(OCc2csc(C(=O)N(C)Cc3ccnn3C)c2)ccc1Cl. The van der Waals surface area contributed by atoms with Crippen LogP contribution in [-0.2, 0) is 20.2 Å². The molecule has 1 amide bonds. The van der Waals surface area contributed by atoms with Crippen LogP contribution in [0.25, 0.3) is 0 Å². The van der Waals surface area contributed by atoms with Crippen LogP contribution in [0.1, 0.15) is 26.5 Å². The van der Waals surface area contributed by atoms with Gasteiger partial charge in [0.2, 0.25) is 0 Å². The first-order chi connectivity index (χ1) is 12.4. The molecule has 2 heterocycles. The molecule has 0 aliphatic carbocycles. The van der Waals surface area contributed by atoms with Crippen molar-refractivity contribution in [2.75, 3.05) is 7.05 Å². The number of amides is 1. The first-order valence-corrected chi connectivity index (χ1v) is 9.38. The zero-order chi connectivity index (χ0) is 18.7. The van der Waals surface area contributed by atoms with Gasteiger partial charge in [0.05, 0.1) is 17.1 Å². The second kappa shape index (κ2) is 7.93. The molecule has 3 aromatic rings. The minimum absolute atomic E-state index is 0.00946. The van der Waals surface area contributed by atoms with Crippen LogP contribution in [0.4, 0.5) is 0 Å². The van der Waals surface area contributed by atoms with Gasteiger partial charge in [-0.1, -0.05) is 11.6 Å². The van der Waals surface area contributed by atoms with E-state index in [9.17, 15) is 4.79 Å². The second-order valence-corrected chi connectivity index (χ2v) is 7.44. The van der Waals surface area contributed by atoms with E-state index in [1.165, 1.54) is 11.3 Å². The fourth-order valence-electron chi connectivity index (χ4n) is 2.50. The first-order valence-electron chi connectivity index (χ1n) is 8.12. The summed E-state index contributed by atoms with van der Waals surface area (Å²) in [6, 6.07) is 9.36. The van der Waals surface area contributed by atoms with Gasteiger partial charge in [0, 0.05) is 30.9 Å². The van der Waals surface area contributed by atoms with Crippen LogP contribution in [0.5, 0.6) is 5.75 Å². The standard InChI is InChI=1S/C19H20ClN3O2S/c1-13-8-16(4-5-17(13)20)25-11-14-9-18(26-12-14)19(24)22(2)10-15-6-7-21-23(15)3/h4-9,12H,10-11H2,1-3H3. The Bertz CT molecular complexity index is 919. The Balaban J connectivity index is 1.60. The van der Waals surface area contributed by atoms with Gasteiger partial charge in [0.1, 0.15) is 12.4 Å². The summed E-state index contributed by atoms with van der Waals surface area (Å²) in [4.78, 5) is 15.0. The highest BCUT2D eigenvalue weighted by Crippen LogP contribution is 2.23. The van der Waals surface area contributed by atoms with Crippen molar-refractivity contribution in [2.24, 2.45) is 7.05 Å². The van der Waals surface area contributed by atoms with Crippen molar-refractivity contribution in [3.05, 3.63) is 68.6 Å². The maximum absolute atomic E-state index is 12.6. The van der Waals surface area contributed by atoms with Gasteiger partial charge < -0.3 is 9.64 Å². The van der Waals surface area contributed by atoms with Crippen molar-refractivity contribution in [2.45, 2.75) is 20.1 Å². The fourth-order valence-corrected chi connectivity index (χ4v) is 3.50. The third-order valence-corrected chi connectivity index (χ3v) is 5.46. The molecule has 136 valence electrons. The van der Waals surface area contributed by atoms with Crippen LogP contribution in [0.3, 0.4) is 0 Å². The lowest BCUT2D eigenvalue weighted by atomic mass is 10.2.